The van der Waals surface area contributed by atoms with Gasteiger partial charge in [0.2, 0.25) is 0 Å². The van der Waals surface area contributed by atoms with Gasteiger partial charge in [-0.1, -0.05) is 101 Å². The number of oxime groups is 1. The molecular weight excluding hydrogens is 901 g/mol. The lowest BCUT2D eigenvalue weighted by molar-refractivity contribution is -0.160. The summed E-state index contributed by atoms with van der Waals surface area (Å²) in [5.41, 5.74) is -0.575. The number of aromatic hydroxyl groups is 3. The molecule has 0 aliphatic carbocycles. The number of hydrogen-bond donors (Lipinski definition) is 6. The molecule has 5 bridgehead atoms. The Morgan fingerprint density at radius 2 is 1.47 bits per heavy atom. The fourth-order valence-electron chi connectivity index (χ4n) is 9.05. The van der Waals surface area contributed by atoms with Gasteiger partial charge in [0, 0.05) is 61.2 Å². The van der Waals surface area contributed by atoms with E-state index in [4.69, 9.17) is 28.5 Å². The molecule has 3 aromatic rings. The van der Waals surface area contributed by atoms with E-state index in [1.54, 1.807) is 39.8 Å². The molecule has 0 spiro atoms. The Morgan fingerprint density at radius 1 is 0.829 bits per heavy atom. The van der Waals surface area contributed by atoms with E-state index in [9.17, 15) is 39.9 Å². The first kappa shape index (κ1) is 54.8. The van der Waals surface area contributed by atoms with Gasteiger partial charge in [0.05, 0.1) is 59.6 Å². The SMILES string of the molecule is CO[C@H]1/C=C/O[C@@]2(C)Oc3c(C)c(O)c4c(O)c(c(/C=N/OCCCCCCCCCCOc5ccccc5)c(O)c4c3C2=O)NC(=O)/C(C)=C\C=C\[C@@H](C)[C@H](O)[C@@H](C)[C@@H](O)[C@@H](C)[C@H](OC(C)=O)[C@@H]1C. The number of anilines is 1. The zero-order valence-electron chi connectivity index (χ0n) is 41.9. The quantitative estimate of drug-likeness (QED) is 0.0196. The van der Waals surface area contributed by atoms with Crippen molar-refractivity contribution >= 4 is 40.3 Å². The molecule has 16 heteroatoms. The average Bonchev–Trinajstić information content (AvgIpc) is 3.60. The standard InChI is InChI=1S/C54H72N2O14/c1-31-22-21-23-32(2)53(64)56-44-39(30-55-68-28-20-15-13-11-10-12-14-19-27-66-38-24-17-16-18-25-38)48(61)41-42(49(44)62)47(60)36(6)51-43(41)52(63)54(8,70-51)67-29-26-40(65-9)33(3)50(69-37(7)57)35(5)46(59)34(4)45(31)58/h16-18,21-26,29-31,33-35,40,45-46,50,58-62H,10-15,19-20,27-28H2,1-9H3,(H,56,64)/b22-21+,29-26+,32-23-,55-30+/t31-,33-,34-,35-,40+,45+,46-,50-,54+/m1/s1. The zero-order valence-corrected chi connectivity index (χ0v) is 41.9. The number of hydrogen-bond acceptors (Lipinski definition) is 15. The topological polar surface area (TPSA) is 232 Å². The molecule has 16 nitrogen and oxygen atoms in total. The Kier molecular flexibility index (Phi) is 19.7. The molecule has 3 aliphatic rings. The summed E-state index contributed by atoms with van der Waals surface area (Å²) in [5.74, 6) is -7.75. The summed E-state index contributed by atoms with van der Waals surface area (Å²) >= 11 is 0. The number of carbonyl (C=O) groups is 3. The van der Waals surface area contributed by atoms with E-state index < -0.39 is 88.8 Å². The van der Waals surface area contributed by atoms with E-state index in [1.807, 2.05) is 30.3 Å². The van der Waals surface area contributed by atoms with Crippen LogP contribution in [0.15, 0.2) is 71.6 Å². The summed E-state index contributed by atoms with van der Waals surface area (Å²) in [6.45, 7) is 13.4. The molecule has 3 aromatic carbocycles. The molecule has 3 heterocycles. The maximum absolute atomic E-state index is 14.5. The number of aliphatic hydroxyl groups is 2. The van der Waals surface area contributed by atoms with Crippen LogP contribution in [-0.2, 0) is 28.6 Å². The number of allylic oxidation sites excluding steroid dienone is 2. The number of fused-ring (bicyclic) bond motifs is 14. The number of esters is 1. The third kappa shape index (κ3) is 13.0. The monoisotopic (exact) mass is 972 g/mol. The Bertz CT molecular complexity index is 2410. The molecule has 0 unspecified atom stereocenters. The minimum atomic E-state index is -2.07. The Balaban J connectivity index is 1.43. The van der Waals surface area contributed by atoms with Crippen LogP contribution in [0.4, 0.5) is 5.69 Å². The van der Waals surface area contributed by atoms with Gasteiger partial charge in [0.1, 0.15) is 35.7 Å². The van der Waals surface area contributed by atoms with Gasteiger partial charge in [-0.2, -0.15) is 0 Å². The highest BCUT2D eigenvalue weighted by Crippen LogP contribution is 2.55. The number of phenols is 3. The lowest BCUT2D eigenvalue weighted by Gasteiger charge is -2.38. The molecule has 9 atom stereocenters. The normalized spacial score (nSPS) is 27.1. The van der Waals surface area contributed by atoms with E-state index in [0.29, 0.717) is 13.0 Å². The van der Waals surface area contributed by atoms with Crippen LogP contribution in [0.25, 0.3) is 10.8 Å². The van der Waals surface area contributed by atoms with Gasteiger partial charge in [-0.15, -0.1) is 0 Å². The molecule has 0 radical (unpaired) electrons. The number of aliphatic hydroxyl groups excluding tert-OH is 2. The van der Waals surface area contributed by atoms with Gasteiger partial charge in [-0.3, -0.25) is 14.4 Å². The highest BCUT2D eigenvalue weighted by Gasteiger charge is 2.50. The second-order valence-electron chi connectivity index (χ2n) is 18.7. The average molecular weight is 973 g/mol. The number of amides is 1. The second kappa shape index (κ2) is 25.1. The molecule has 0 fully saturated rings. The summed E-state index contributed by atoms with van der Waals surface area (Å²) in [7, 11) is 1.43. The van der Waals surface area contributed by atoms with Gasteiger partial charge in [-0.25, -0.2) is 0 Å². The molecule has 0 saturated carbocycles. The van der Waals surface area contributed by atoms with Gasteiger partial charge in [0.15, 0.2) is 5.75 Å². The Morgan fingerprint density at radius 3 is 2.11 bits per heavy atom. The van der Waals surface area contributed by atoms with E-state index in [-0.39, 0.29) is 51.1 Å². The van der Waals surface area contributed by atoms with Crippen LogP contribution < -0.4 is 14.8 Å². The number of phenolic OH excluding ortho intramolecular Hbond substituents is 3. The smallest absolute Gasteiger partial charge is 0.312 e. The van der Waals surface area contributed by atoms with Crippen molar-refractivity contribution < 1.29 is 68.4 Å². The van der Waals surface area contributed by atoms with Crippen molar-refractivity contribution in [2.45, 2.75) is 137 Å². The lowest BCUT2D eigenvalue weighted by Crippen LogP contribution is -2.46. The third-order valence-corrected chi connectivity index (χ3v) is 13.4. The molecule has 0 saturated heterocycles. The van der Waals surface area contributed by atoms with Crippen molar-refractivity contribution in [3.63, 3.8) is 0 Å². The molecular formula is C54H72N2O14. The summed E-state index contributed by atoms with van der Waals surface area (Å²) in [6.07, 6.45) is 12.6. The van der Waals surface area contributed by atoms with Gasteiger partial charge < -0.3 is 59.4 Å². The summed E-state index contributed by atoms with van der Waals surface area (Å²) in [5, 5.41) is 64.8. The van der Waals surface area contributed by atoms with E-state index in [2.05, 4.69) is 10.5 Å². The molecule has 0 aromatic heterocycles. The van der Waals surface area contributed by atoms with Crippen LogP contribution in [0.5, 0.6) is 28.7 Å². The number of Topliss-reactive ketones (excluding diaryl/α,β-unsaturated/α-hetero) is 1. The van der Waals surface area contributed by atoms with E-state index >= 15 is 0 Å². The van der Waals surface area contributed by atoms with Gasteiger partial charge >= 0.3 is 11.8 Å². The van der Waals surface area contributed by atoms with Gasteiger partial charge in [0.25, 0.3) is 11.7 Å². The zero-order chi connectivity index (χ0) is 51.3. The minimum absolute atomic E-state index is 0.0368. The highest BCUT2D eigenvalue weighted by atomic mass is 16.7. The third-order valence-electron chi connectivity index (χ3n) is 13.4. The number of nitrogens with one attached hydrogen (secondary N) is 1. The fourth-order valence-corrected chi connectivity index (χ4v) is 9.05. The maximum atomic E-state index is 14.5. The van der Waals surface area contributed by atoms with Crippen LogP contribution >= 0.6 is 0 Å². The van der Waals surface area contributed by atoms with Crippen molar-refractivity contribution in [1.82, 2.24) is 0 Å². The van der Waals surface area contributed by atoms with Crippen LogP contribution in [0.1, 0.15) is 121 Å². The van der Waals surface area contributed by atoms with E-state index in [1.165, 1.54) is 53.2 Å². The first-order valence-electron chi connectivity index (χ1n) is 24.3. The molecule has 6 N–H and O–H groups in total. The number of unbranched alkanes of at least 4 members (excludes halogenated alkanes) is 7. The highest BCUT2D eigenvalue weighted by molar-refractivity contribution is 6.23. The van der Waals surface area contributed by atoms with Crippen molar-refractivity contribution in [1.29, 1.82) is 0 Å². The first-order chi connectivity index (χ1) is 33.3. The fraction of sp³-hybridized carbons (Fsp3) is 0.519. The van der Waals surface area contributed by atoms with Crippen molar-refractivity contribution in [3.05, 3.63) is 83.2 Å². The van der Waals surface area contributed by atoms with Crippen LogP contribution in [-0.4, -0.2) is 99.9 Å². The number of carbonyl (C=O) groups excluding carboxylic acids is 3. The molecule has 6 rings (SSSR count). The number of ketones is 1. The number of methoxy groups -OCH3 is 1. The Labute approximate surface area is 410 Å². The summed E-state index contributed by atoms with van der Waals surface area (Å²) in [6, 6.07) is 9.78. The molecule has 382 valence electrons. The number of para-hydroxylation sites is 1. The molecule has 3 aliphatic heterocycles. The van der Waals surface area contributed by atoms with Crippen LogP contribution in [0, 0.1) is 30.6 Å². The number of ether oxygens (including phenoxy) is 5. The summed E-state index contributed by atoms with van der Waals surface area (Å²) in [4.78, 5) is 46.3. The Hall–Kier alpha value is -6.10. The first-order valence-corrected chi connectivity index (χ1v) is 24.3. The predicted molar refractivity (Wildman–Crippen MR) is 266 cm³/mol. The van der Waals surface area contributed by atoms with Crippen LogP contribution in [0.3, 0.4) is 0 Å². The van der Waals surface area contributed by atoms with Crippen molar-refractivity contribution in [2.24, 2.45) is 28.8 Å². The molecule has 1 amide bonds. The van der Waals surface area contributed by atoms with Crippen molar-refractivity contribution in [3.8, 4) is 28.7 Å². The van der Waals surface area contributed by atoms with Gasteiger partial charge in [-0.05, 0) is 51.3 Å². The van der Waals surface area contributed by atoms with Crippen molar-refractivity contribution in [2.75, 3.05) is 25.6 Å². The summed E-state index contributed by atoms with van der Waals surface area (Å²) < 4.78 is 29.4. The number of nitrogens with zero attached hydrogens (tertiary/aromatic N) is 1. The number of rotatable bonds is 16. The predicted octanol–water partition coefficient (Wildman–Crippen LogP) is 9.30. The second-order valence-corrected chi connectivity index (χ2v) is 18.7. The largest absolute Gasteiger partial charge is 0.507 e. The lowest BCUT2D eigenvalue weighted by atomic mass is 9.78. The minimum Gasteiger partial charge on any atom is -0.507 e. The molecule has 70 heavy (non-hydrogen) atoms. The van der Waals surface area contributed by atoms with E-state index in [0.717, 1.165) is 56.9 Å². The van der Waals surface area contributed by atoms with Crippen LogP contribution in [0.2, 0.25) is 0 Å². The number of benzene rings is 3. The maximum Gasteiger partial charge on any atom is 0.312 e.